The Labute approximate surface area is 98.8 Å². The van der Waals surface area contributed by atoms with Gasteiger partial charge in [0.15, 0.2) is 0 Å². The fourth-order valence-electron chi connectivity index (χ4n) is 1.26. The monoisotopic (exact) mass is 268 g/mol. The van der Waals surface area contributed by atoms with Gasteiger partial charge in [-0.3, -0.25) is 4.79 Å². The van der Waals surface area contributed by atoms with Crippen molar-refractivity contribution in [1.29, 1.82) is 0 Å². The Bertz CT molecular complexity index is 444. The molecule has 0 aliphatic rings. The maximum atomic E-state index is 12.6. The lowest BCUT2D eigenvalue weighted by molar-refractivity contribution is -0.137. The molecule has 8 heteroatoms. The summed E-state index contributed by atoms with van der Waals surface area (Å²) in [7, 11) is 0. The van der Waals surface area contributed by atoms with E-state index in [1.54, 1.807) is 5.32 Å². The third-order valence-electron chi connectivity index (χ3n) is 2.01. The van der Waals surface area contributed by atoms with Gasteiger partial charge >= 0.3 is 6.18 Å². The van der Waals surface area contributed by atoms with Crippen molar-refractivity contribution >= 4 is 11.6 Å². The van der Waals surface area contributed by atoms with Crippen LogP contribution in [0.5, 0.6) is 0 Å². The van der Waals surface area contributed by atoms with Gasteiger partial charge in [0.1, 0.15) is 0 Å². The SMILES string of the molecule is Nc1ccc(C(F)(F)F)c(C(=O)NCC(F)F)c1. The molecule has 0 atom stereocenters. The molecule has 100 valence electrons. The lowest BCUT2D eigenvalue weighted by atomic mass is 10.1. The number of benzene rings is 1. The second kappa shape index (κ2) is 5.19. The molecule has 0 radical (unpaired) electrons. The number of carbonyl (C=O) groups excluding carboxylic acids is 1. The van der Waals surface area contributed by atoms with E-state index in [9.17, 15) is 26.7 Å². The molecule has 0 aliphatic heterocycles. The normalized spacial score (nSPS) is 11.7. The molecular weight excluding hydrogens is 259 g/mol. The minimum absolute atomic E-state index is 0.0646. The summed E-state index contributed by atoms with van der Waals surface area (Å²) in [6, 6.07) is 2.41. The summed E-state index contributed by atoms with van der Waals surface area (Å²) < 4.78 is 61.4. The molecule has 3 N–H and O–H groups in total. The molecule has 18 heavy (non-hydrogen) atoms. The summed E-state index contributed by atoms with van der Waals surface area (Å²) in [5.41, 5.74) is 3.21. The average Bonchev–Trinajstić information content (AvgIpc) is 2.23. The standard InChI is InChI=1S/C10H9F5N2O/c11-8(12)4-17-9(18)6-3-5(16)1-2-7(6)10(13,14)15/h1-3,8H,4,16H2,(H,17,18). The quantitative estimate of drug-likeness (QED) is 0.652. The predicted molar refractivity (Wildman–Crippen MR) is 54.2 cm³/mol. The highest BCUT2D eigenvalue weighted by atomic mass is 19.4. The number of carbonyl (C=O) groups is 1. The maximum Gasteiger partial charge on any atom is 0.417 e. The van der Waals surface area contributed by atoms with E-state index in [4.69, 9.17) is 5.73 Å². The van der Waals surface area contributed by atoms with Crippen molar-refractivity contribution in [2.24, 2.45) is 0 Å². The molecule has 0 fully saturated rings. The highest BCUT2D eigenvalue weighted by molar-refractivity contribution is 5.96. The average molecular weight is 268 g/mol. The van der Waals surface area contributed by atoms with Crippen LogP contribution in [-0.4, -0.2) is 18.9 Å². The Morgan fingerprint density at radius 2 is 1.94 bits per heavy atom. The van der Waals surface area contributed by atoms with Crippen molar-refractivity contribution < 1.29 is 26.7 Å². The van der Waals surface area contributed by atoms with Gasteiger partial charge in [-0.25, -0.2) is 8.78 Å². The largest absolute Gasteiger partial charge is 0.417 e. The third-order valence-corrected chi connectivity index (χ3v) is 2.01. The molecule has 0 spiro atoms. The van der Waals surface area contributed by atoms with E-state index in [2.05, 4.69) is 0 Å². The molecule has 0 aromatic heterocycles. The first-order valence-electron chi connectivity index (χ1n) is 4.75. The van der Waals surface area contributed by atoms with Crippen molar-refractivity contribution in [3.8, 4) is 0 Å². The van der Waals surface area contributed by atoms with Crippen molar-refractivity contribution in [2.75, 3.05) is 12.3 Å². The van der Waals surface area contributed by atoms with Crippen molar-refractivity contribution in [1.82, 2.24) is 5.32 Å². The fourth-order valence-corrected chi connectivity index (χ4v) is 1.26. The number of rotatable bonds is 3. The minimum atomic E-state index is -4.76. The van der Waals surface area contributed by atoms with Gasteiger partial charge in [-0.1, -0.05) is 0 Å². The van der Waals surface area contributed by atoms with Crippen LogP contribution in [0, 0.1) is 0 Å². The zero-order valence-electron chi connectivity index (χ0n) is 8.89. The molecular formula is C10H9F5N2O. The topological polar surface area (TPSA) is 55.1 Å². The van der Waals surface area contributed by atoms with Gasteiger partial charge in [0, 0.05) is 5.69 Å². The van der Waals surface area contributed by atoms with Crippen molar-refractivity contribution in [3.63, 3.8) is 0 Å². The maximum absolute atomic E-state index is 12.6. The van der Waals surface area contributed by atoms with Crippen molar-refractivity contribution in [2.45, 2.75) is 12.6 Å². The predicted octanol–water partition coefficient (Wildman–Crippen LogP) is 2.28. The number of nitrogen functional groups attached to an aromatic ring is 1. The Morgan fingerprint density at radius 1 is 1.33 bits per heavy atom. The van der Waals surface area contributed by atoms with Crippen LogP contribution in [0.2, 0.25) is 0 Å². The number of alkyl halides is 5. The van der Waals surface area contributed by atoms with Crippen LogP contribution in [0.25, 0.3) is 0 Å². The number of hydrogen-bond acceptors (Lipinski definition) is 2. The summed E-state index contributed by atoms with van der Waals surface area (Å²) in [5, 5.41) is 1.69. The number of halogens is 5. The lowest BCUT2D eigenvalue weighted by Gasteiger charge is -2.13. The molecule has 3 nitrogen and oxygen atoms in total. The lowest BCUT2D eigenvalue weighted by Crippen LogP contribution is -2.30. The van der Waals surface area contributed by atoms with Gasteiger partial charge in [-0.2, -0.15) is 13.2 Å². The van der Waals surface area contributed by atoms with E-state index in [-0.39, 0.29) is 5.69 Å². The summed E-state index contributed by atoms with van der Waals surface area (Å²) in [4.78, 5) is 11.4. The van der Waals surface area contributed by atoms with Gasteiger partial charge in [0.05, 0.1) is 17.7 Å². The number of nitrogens with one attached hydrogen (secondary N) is 1. The Hall–Kier alpha value is -1.86. The Morgan fingerprint density at radius 3 is 2.44 bits per heavy atom. The van der Waals surface area contributed by atoms with Gasteiger partial charge in [0.25, 0.3) is 12.3 Å². The smallest absolute Gasteiger partial charge is 0.399 e. The zero-order chi connectivity index (χ0) is 13.9. The first kappa shape index (κ1) is 14.2. The molecule has 0 saturated carbocycles. The molecule has 0 heterocycles. The van der Waals surface area contributed by atoms with E-state index in [0.717, 1.165) is 12.1 Å². The summed E-state index contributed by atoms with van der Waals surface area (Å²) >= 11 is 0. The minimum Gasteiger partial charge on any atom is -0.399 e. The van der Waals surface area contributed by atoms with E-state index < -0.39 is 36.2 Å². The molecule has 1 amide bonds. The molecule has 0 saturated heterocycles. The van der Waals surface area contributed by atoms with E-state index >= 15 is 0 Å². The molecule has 0 unspecified atom stereocenters. The van der Waals surface area contributed by atoms with Crippen LogP contribution in [-0.2, 0) is 6.18 Å². The number of hydrogen-bond donors (Lipinski definition) is 2. The summed E-state index contributed by atoms with van der Waals surface area (Å²) in [6.07, 6.45) is -7.60. The van der Waals surface area contributed by atoms with Crippen LogP contribution in [0.3, 0.4) is 0 Å². The highest BCUT2D eigenvalue weighted by Gasteiger charge is 2.35. The second-order valence-electron chi connectivity index (χ2n) is 3.40. The van der Waals surface area contributed by atoms with Gasteiger partial charge in [-0.15, -0.1) is 0 Å². The van der Waals surface area contributed by atoms with Crippen LogP contribution in [0.4, 0.5) is 27.6 Å². The van der Waals surface area contributed by atoms with Gasteiger partial charge in [-0.05, 0) is 18.2 Å². The molecule has 0 aliphatic carbocycles. The first-order valence-corrected chi connectivity index (χ1v) is 4.75. The third kappa shape index (κ3) is 3.57. The van der Waals surface area contributed by atoms with Crippen LogP contribution in [0.15, 0.2) is 18.2 Å². The molecule has 1 aromatic carbocycles. The number of anilines is 1. The van der Waals surface area contributed by atoms with Crippen molar-refractivity contribution in [3.05, 3.63) is 29.3 Å². The molecule has 1 rings (SSSR count). The summed E-state index contributed by atoms with van der Waals surface area (Å²) in [6.45, 7) is -1.02. The number of amides is 1. The Balaban J connectivity index is 3.06. The Kier molecular flexibility index (Phi) is 4.10. The fraction of sp³-hybridized carbons (Fsp3) is 0.300. The zero-order valence-corrected chi connectivity index (χ0v) is 8.89. The van der Waals surface area contributed by atoms with Crippen LogP contribution < -0.4 is 11.1 Å². The highest BCUT2D eigenvalue weighted by Crippen LogP contribution is 2.32. The second-order valence-corrected chi connectivity index (χ2v) is 3.40. The van der Waals surface area contributed by atoms with E-state index in [1.165, 1.54) is 0 Å². The van der Waals surface area contributed by atoms with E-state index in [1.807, 2.05) is 0 Å². The first-order chi connectivity index (χ1) is 8.21. The molecule has 1 aromatic rings. The van der Waals surface area contributed by atoms with Gasteiger partial charge in [0.2, 0.25) is 0 Å². The number of nitrogens with two attached hydrogens (primary N) is 1. The van der Waals surface area contributed by atoms with E-state index in [0.29, 0.717) is 6.07 Å². The summed E-state index contributed by atoms with van der Waals surface area (Å²) in [5.74, 6) is -1.24. The van der Waals surface area contributed by atoms with Gasteiger partial charge < -0.3 is 11.1 Å². The molecule has 0 bridgehead atoms. The van der Waals surface area contributed by atoms with Crippen LogP contribution >= 0.6 is 0 Å². The van der Waals surface area contributed by atoms with Crippen LogP contribution in [0.1, 0.15) is 15.9 Å².